The molecule has 9 heteroatoms. The fourth-order valence-electron chi connectivity index (χ4n) is 2.85. The summed E-state index contributed by atoms with van der Waals surface area (Å²) in [6, 6.07) is 5.24. The number of ether oxygens (including phenoxy) is 1. The van der Waals surface area contributed by atoms with Crippen LogP contribution in [0.25, 0.3) is 0 Å². The number of methoxy groups -OCH3 is 1. The van der Waals surface area contributed by atoms with Gasteiger partial charge >= 0.3 is 6.03 Å². The van der Waals surface area contributed by atoms with Crippen molar-refractivity contribution in [2.45, 2.75) is 19.6 Å². The molecule has 2 aromatic heterocycles. The number of hydrogen-bond donors (Lipinski definition) is 1. The zero-order valence-corrected chi connectivity index (χ0v) is 15.1. The van der Waals surface area contributed by atoms with Gasteiger partial charge in [0.05, 0.1) is 38.1 Å². The van der Waals surface area contributed by atoms with Gasteiger partial charge in [0, 0.05) is 26.8 Å². The Morgan fingerprint density at radius 2 is 2.15 bits per heavy atom. The molecule has 3 rings (SSSR count). The first kappa shape index (κ1) is 17.7. The zero-order valence-electron chi connectivity index (χ0n) is 15.1. The first-order chi connectivity index (χ1) is 12.5. The topological polar surface area (TPSA) is 92.6 Å². The van der Waals surface area contributed by atoms with E-state index in [0.717, 1.165) is 11.4 Å². The molecule has 0 bridgehead atoms. The number of pyridine rings is 1. The van der Waals surface area contributed by atoms with Crippen LogP contribution >= 0.6 is 0 Å². The van der Waals surface area contributed by atoms with E-state index in [1.807, 2.05) is 10.7 Å². The summed E-state index contributed by atoms with van der Waals surface area (Å²) >= 11 is 0. The van der Waals surface area contributed by atoms with E-state index in [2.05, 4.69) is 15.4 Å². The van der Waals surface area contributed by atoms with Crippen LogP contribution in [0, 0.1) is 0 Å². The Morgan fingerprint density at radius 1 is 1.35 bits per heavy atom. The molecular weight excluding hydrogens is 336 g/mol. The second kappa shape index (κ2) is 7.42. The number of rotatable bonds is 4. The molecule has 0 fully saturated rings. The number of aromatic nitrogens is 3. The van der Waals surface area contributed by atoms with Gasteiger partial charge in [-0.25, -0.2) is 9.78 Å². The summed E-state index contributed by atoms with van der Waals surface area (Å²) in [6.45, 7) is 2.05. The van der Waals surface area contributed by atoms with Crippen molar-refractivity contribution in [1.82, 2.24) is 29.9 Å². The lowest BCUT2D eigenvalue weighted by Crippen LogP contribution is -2.43. The molecule has 1 N–H and O–H groups in total. The lowest BCUT2D eigenvalue weighted by molar-refractivity contribution is 0.0946. The second-order valence-corrected chi connectivity index (χ2v) is 6.19. The molecule has 138 valence electrons. The molecule has 3 amide bonds. The highest BCUT2D eigenvalue weighted by molar-refractivity contribution is 5.96. The largest absolute Gasteiger partial charge is 0.480 e. The molecule has 0 spiro atoms. The van der Waals surface area contributed by atoms with Crippen LogP contribution in [0.15, 0.2) is 24.4 Å². The van der Waals surface area contributed by atoms with Gasteiger partial charge in [-0.3, -0.25) is 9.48 Å². The molecule has 0 radical (unpaired) electrons. The van der Waals surface area contributed by atoms with E-state index in [-0.39, 0.29) is 17.8 Å². The van der Waals surface area contributed by atoms with Crippen molar-refractivity contribution in [3.63, 3.8) is 0 Å². The van der Waals surface area contributed by atoms with Gasteiger partial charge in [0.25, 0.3) is 5.91 Å². The molecule has 0 atom stereocenters. The van der Waals surface area contributed by atoms with E-state index in [1.54, 1.807) is 42.2 Å². The summed E-state index contributed by atoms with van der Waals surface area (Å²) in [7, 11) is 4.95. The minimum atomic E-state index is -0.273. The normalized spacial score (nSPS) is 13.1. The maximum Gasteiger partial charge on any atom is 0.319 e. The summed E-state index contributed by atoms with van der Waals surface area (Å²) < 4.78 is 6.99. The standard InChI is InChI=1S/C17H22N6O3/c1-21(2)17(25)22-7-8-23-13(11-22)9-12(20-23)10-19-15(24)14-5-4-6-18-16(14)26-3/h4-6,9H,7-8,10-11H2,1-3H3,(H,19,24). The first-order valence-corrected chi connectivity index (χ1v) is 8.28. The average Bonchev–Trinajstić information content (AvgIpc) is 3.07. The second-order valence-electron chi connectivity index (χ2n) is 6.19. The predicted octanol–water partition coefficient (Wildman–Crippen LogP) is 0.714. The maximum absolute atomic E-state index is 12.3. The van der Waals surface area contributed by atoms with Crippen molar-refractivity contribution in [3.8, 4) is 5.88 Å². The summed E-state index contributed by atoms with van der Waals surface area (Å²) in [5, 5.41) is 7.33. The van der Waals surface area contributed by atoms with Crippen LogP contribution in [0.1, 0.15) is 21.7 Å². The molecule has 0 unspecified atom stereocenters. The van der Waals surface area contributed by atoms with Gasteiger partial charge in [0.1, 0.15) is 5.56 Å². The highest BCUT2D eigenvalue weighted by Crippen LogP contribution is 2.16. The van der Waals surface area contributed by atoms with Gasteiger partial charge in [-0.15, -0.1) is 0 Å². The fourth-order valence-corrected chi connectivity index (χ4v) is 2.85. The van der Waals surface area contributed by atoms with Gasteiger partial charge in [-0.05, 0) is 18.2 Å². The minimum Gasteiger partial charge on any atom is -0.480 e. The van der Waals surface area contributed by atoms with Gasteiger partial charge in [-0.1, -0.05) is 0 Å². The Morgan fingerprint density at radius 3 is 2.88 bits per heavy atom. The van der Waals surface area contributed by atoms with Gasteiger partial charge in [0.2, 0.25) is 5.88 Å². The molecule has 2 aromatic rings. The quantitative estimate of drug-likeness (QED) is 0.869. The SMILES string of the molecule is COc1ncccc1C(=O)NCc1cc2n(n1)CCN(C(=O)N(C)C)C2. The molecule has 0 aliphatic carbocycles. The molecule has 9 nitrogen and oxygen atoms in total. The third kappa shape index (κ3) is 3.61. The highest BCUT2D eigenvalue weighted by atomic mass is 16.5. The van der Waals surface area contributed by atoms with Crippen LogP contribution < -0.4 is 10.1 Å². The molecule has 26 heavy (non-hydrogen) atoms. The number of nitrogens with one attached hydrogen (secondary N) is 1. The Balaban J connectivity index is 1.64. The van der Waals surface area contributed by atoms with Gasteiger partial charge in [-0.2, -0.15) is 5.10 Å². The molecule has 0 saturated heterocycles. The number of urea groups is 1. The number of fused-ring (bicyclic) bond motifs is 1. The van der Waals surface area contributed by atoms with E-state index in [9.17, 15) is 9.59 Å². The monoisotopic (exact) mass is 358 g/mol. The first-order valence-electron chi connectivity index (χ1n) is 8.28. The van der Waals surface area contributed by atoms with Crippen molar-refractivity contribution in [2.24, 2.45) is 0 Å². The van der Waals surface area contributed by atoms with Crippen LogP contribution in [0.4, 0.5) is 4.79 Å². The highest BCUT2D eigenvalue weighted by Gasteiger charge is 2.23. The Kier molecular flexibility index (Phi) is 5.06. The predicted molar refractivity (Wildman–Crippen MR) is 93.7 cm³/mol. The van der Waals surface area contributed by atoms with Crippen molar-refractivity contribution in [2.75, 3.05) is 27.7 Å². The van der Waals surface area contributed by atoms with E-state index in [0.29, 0.717) is 31.7 Å². The lowest BCUT2D eigenvalue weighted by Gasteiger charge is -2.29. The Hall–Kier alpha value is -3.10. The zero-order chi connectivity index (χ0) is 18.7. The fraction of sp³-hybridized carbons (Fsp3) is 0.412. The molecule has 1 aliphatic rings. The number of carbonyl (C=O) groups is 2. The lowest BCUT2D eigenvalue weighted by atomic mass is 10.2. The van der Waals surface area contributed by atoms with Crippen molar-refractivity contribution < 1.29 is 14.3 Å². The third-order valence-electron chi connectivity index (χ3n) is 4.14. The molecule has 1 aliphatic heterocycles. The van der Waals surface area contributed by atoms with Crippen LogP contribution in [-0.4, -0.2) is 64.3 Å². The van der Waals surface area contributed by atoms with E-state index >= 15 is 0 Å². The van der Waals surface area contributed by atoms with Crippen molar-refractivity contribution >= 4 is 11.9 Å². The maximum atomic E-state index is 12.3. The van der Waals surface area contributed by atoms with Crippen molar-refractivity contribution in [1.29, 1.82) is 0 Å². The molecule has 0 saturated carbocycles. The Labute approximate surface area is 151 Å². The number of amides is 3. The van der Waals surface area contributed by atoms with Crippen LogP contribution in [0.2, 0.25) is 0 Å². The third-order valence-corrected chi connectivity index (χ3v) is 4.14. The average molecular weight is 358 g/mol. The number of hydrogen-bond acceptors (Lipinski definition) is 5. The van der Waals surface area contributed by atoms with E-state index in [4.69, 9.17) is 4.74 Å². The van der Waals surface area contributed by atoms with Crippen molar-refractivity contribution in [3.05, 3.63) is 41.3 Å². The summed E-state index contributed by atoms with van der Waals surface area (Å²) in [6.07, 6.45) is 1.57. The summed E-state index contributed by atoms with van der Waals surface area (Å²) in [5.74, 6) is 0.0114. The minimum absolute atomic E-state index is 0.0176. The van der Waals surface area contributed by atoms with E-state index in [1.165, 1.54) is 7.11 Å². The summed E-state index contributed by atoms with van der Waals surface area (Å²) in [5.41, 5.74) is 2.08. The van der Waals surface area contributed by atoms with Gasteiger partial charge in [0.15, 0.2) is 0 Å². The molecule has 3 heterocycles. The van der Waals surface area contributed by atoms with Gasteiger partial charge < -0.3 is 19.9 Å². The van der Waals surface area contributed by atoms with E-state index < -0.39 is 0 Å². The molecule has 0 aromatic carbocycles. The van der Waals surface area contributed by atoms with Crippen LogP contribution in [-0.2, 0) is 19.6 Å². The van der Waals surface area contributed by atoms with Crippen LogP contribution in [0.3, 0.4) is 0 Å². The Bertz CT molecular complexity index is 817. The molecular formula is C17H22N6O3. The van der Waals surface area contributed by atoms with Crippen LogP contribution in [0.5, 0.6) is 5.88 Å². The summed E-state index contributed by atoms with van der Waals surface area (Å²) in [4.78, 5) is 31.8. The smallest absolute Gasteiger partial charge is 0.319 e. The number of nitrogens with zero attached hydrogens (tertiary/aromatic N) is 5. The number of carbonyl (C=O) groups excluding carboxylic acids is 2.